The lowest BCUT2D eigenvalue weighted by Crippen LogP contribution is -2.58. The fourth-order valence-electron chi connectivity index (χ4n) is 3.41. The summed E-state index contributed by atoms with van der Waals surface area (Å²) >= 11 is 0. The summed E-state index contributed by atoms with van der Waals surface area (Å²) in [5.74, 6) is 0.716. The highest BCUT2D eigenvalue weighted by Gasteiger charge is 2.31. The van der Waals surface area contributed by atoms with E-state index < -0.39 is 6.10 Å². The smallest absolute Gasteiger partial charge is 0.263 e. The van der Waals surface area contributed by atoms with Crippen molar-refractivity contribution in [3.8, 4) is 5.75 Å². The van der Waals surface area contributed by atoms with Crippen molar-refractivity contribution in [3.63, 3.8) is 0 Å². The van der Waals surface area contributed by atoms with Crippen LogP contribution in [0.2, 0.25) is 0 Å². The first-order chi connectivity index (χ1) is 13.1. The summed E-state index contributed by atoms with van der Waals surface area (Å²) in [6.45, 7) is 7.77. The van der Waals surface area contributed by atoms with Gasteiger partial charge < -0.3 is 24.6 Å². The van der Waals surface area contributed by atoms with E-state index in [-0.39, 0.29) is 30.3 Å². The zero-order valence-corrected chi connectivity index (χ0v) is 17.4. The van der Waals surface area contributed by atoms with E-state index in [1.165, 1.54) is 5.56 Å². The summed E-state index contributed by atoms with van der Waals surface area (Å²) in [4.78, 5) is 28.8. The molecular weight excluding hydrogens is 382 g/mol. The average Bonchev–Trinajstić information content (AvgIpc) is 2.74. The van der Waals surface area contributed by atoms with E-state index in [1.54, 1.807) is 11.8 Å². The molecule has 0 aromatic heterocycles. The fourth-order valence-corrected chi connectivity index (χ4v) is 3.41. The molecule has 7 nitrogen and oxygen atoms in total. The number of nitrogens with one attached hydrogen (secondary N) is 1. The third kappa shape index (κ3) is 5.59. The van der Waals surface area contributed by atoms with Crippen molar-refractivity contribution in [2.75, 3.05) is 45.9 Å². The summed E-state index contributed by atoms with van der Waals surface area (Å²) < 4.78 is 11.2. The summed E-state index contributed by atoms with van der Waals surface area (Å²) in [7, 11) is 0. The first-order valence-corrected chi connectivity index (χ1v) is 9.72. The van der Waals surface area contributed by atoms with Gasteiger partial charge in [-0.15, -0.1) is 12.4 Å². The third-order valence-corrected chi connectivity index (χ3v) is 5.11. The third-order valence-electron chi connectivity index (χ3n) is 5.11. The molecule has 0 spiro atoms. The molecule has 2 aliphatic heterocycles. The Morgan fingerprint density at radius 2 is 1.82 bits per heavy atom. The minimum Gasteiger partial charge on any atom is -0.481 e. The lowest BCUT2D eigenvalue weighted by Gasteiger charge is -2.38. The number of aryl methyl sites for hydroxylation is 1. The van der Waals surface area contributed by atoms with Gasteiger partial charge in [0.05, 0.1) is 13.2 Å². The minimum absolute atomic E-state index is 0. The van der Waals surface area contributed by atoms with Crippen molar-refractivity contribution in [1.82, 2.24) is 15.1 Å². The Morgan fingerprint density at radius 3 is 2.39 bits per heavy atom. The van der Waals surface area contributed by atoms with Gasteiger partial charge in [0.15, 0.2) is 6.10 Å². The average molecular weight is 412 g/mol. The van der Waals surface area contributed by atoms with Gasteiger partial charge in [-0.1, -0.05) is 19.1 Å². The summed E-state index contributed by atoms with van der Waals surface area (Å²) in [5.41, 5.74) is 1.24. The van der Waals surface area contributed by atoms with Gasteiger partial charge in [-0.05, 0) is 31.0 Å². The van der Waals surface area contributed by atoms with Gasteiger partial charge in [0.2, 0.25) is 5.91 Å². The lowest BCUT2D eigenvalue weighted by atomic mass is 10.2. The highest BCUT2D eigenvalue weighted by molar-refractivity contribution is 5.85. The molecule has 0 radical (unpaired) electrons. The zero-order valence-electron chi connectivity index (χ0n) is 16.6. The lowest BCUT2D eigenvalue weighted by molar-refractivity contribution is -0.145. The molecule has 2 atom stereocenters. The predicted octanol–water partition coefficient (Wildman–Crippen LogP) is 1.10. The summed E-state index contributed by atoms with van der Waals surface area (Å²) in [6.07, 6.45) is 0.424. The molecule has 1 aromatic rings. The van der Waals surface area contributed by atoms with Gasteiger partial charge in [0.25, 0.3) is 5.91 Å². The van der Waals surface area contributed by atoms with Crippen LogP contribution in [-0.2, 0) is 20.7 Å². The second-order valence-electron chi connectivity index (χ2n) is 6.99. The van der Waals surface area contributed by atoms with Gasteiger partial charge >= 0.3 is 0 Å². The van der Waals surface area contributed by atoms with Crippen LogP contribution >= 0.6 is 12.4 Å². The van der Waals surface area contributed by atoms with E-state index in [0.717, 1.165) is 6.42 Å². The van der Waals surface area contributed by atoms with E-state index in [2.05, 4.69) is 12.2 Å². The second-order valence-corrected chi connectivity index (χ2v) is 6.99. The van der Waals surface area contributed by atoms with Gasteiger partial charge in [0.1, 0.15) is 11.8 Å². The number of morpholine rings is 1. The molecule has 2 amide bonds. The van der Waals surface area contributed by atoms with Crippen molar-refractivity contribution in [2.45, 2.75) is 32.4 Å². The monoisotopic (exact) mass is 411 g/mol. The number of hydrogen-bond acceptors (Lipinski definition) is 5. The Labute approximate surface area is 172 Å². The highest BCUT2D eigenvalue weighted by Crippen LogP contribution is 2.16. The maximum absolute atomic E-state index is 12.7. The van der Waals surface area contributed by atoms with Crippen LogP contribution < -0.4 is 10.1 Å². The van der Waals surface area contributed by atoms with Crippen LogP contribution in [0.3, 0.4) is 0 Å². The standard InChI is InChI=1S/C20H29N3O4.ClH/c1-3-16-4-6-17(7-5-16)27-15(2)19(24)22-9-11-23(12-10-22)20(25)18-14-26-13-8-21-18;/h4-7,15,18,21H,3,8-14H2,1-2H3;1H. The van der Waals surface area contributed by atoms with Gasteiger partial charge in [-0.25, -0.2) is 0 Å². The van der Waals surface area contributed by atoms with E-state index in [4.69, 9.17) is 9.47 Å². The van der Waals surface area contributed by atoms with Crippen LogP contribution in [0.5, 0.6) is 5.75 Å². The number of ether oxygens (including phenoxy) is 2. The number of halogens is 1. The molecule has 1 aromatic carbocycles. The van der Waals surface area contributed by atoms with Crippen LogP contribution in [0.1, 0.15) is 19.4 Å². The SMILES string of the molecule is CCc1ccc(OC(C)C(=O)N2CCN(C(=O)C3COCCN3)CC2)cc1.Cl. The van der Waals surface area contributed by atoms with Crippen LogP contribution in [-0.4, -0.2) is 79.7 Å². The molecule has 8 heteroatoms. The van der Waals surface area contributed by atoms with E-state index in [0.29, 0.717) is 51.7 Å². The molecule has 0 aliphatic carbocycles. The van der Waals surface area contributed by atoms with Crippen molar-refractivity contribution in [3.05, 3.63) is 29.8 Å². The number of rotatable bonds is 5. The highest BCUT2D eigenvalue weighted by atomic mass is 35.5. The molecule has 156 valence electrons. The molecule has 1 N–H and O–H groups in total. The summed E-state index contributed by atoms with van der Waals surface area (Å²) in [6, 6.07) is 7.56. The molecule has 3 rings (SSSR count). The van der Waals surface area contributed by atoms with Crippen LogP contribution in [0.15, 0.2) is 24.3 Å². The Balaban J connectivity index is 0.00000280. The Morgan fingerprint density at radius 1 is 1.18 bits per heavy atom. The molecule has 0 bridgehead atoms. The van der Waals surface area contributed by atoms with Crippen LogP contribution in [0.25, 0.3) is 0 Å². The van der Waals surface area contributed by atoms with E-state index in [9.17, 15) is 9.59 Å². The number of benzene rings is 1. The molecule has 0 saturated carbocycles. The molecule has 28 heavy (non-hydrogen) atoms. The predicted molar refractivity (Wildman–Crippen MR) is 109 cm³/mol. The molecular formula is C20H30ClN3O4. The van der Waals surface area contributed by atoms with Crippen molar-refractivity contribution in [2.24, 2.45) is 0 Å². The molecule has 2 fully saturated rings. The first-order valence-electron chi connectivity index (χ1n) is 9.72. The van der Waals surface area contributed by atoms with Gasteiger partial charge in [-0.2, -0.15) is 0 Å². The molecule has 2 unspecified atom stereocenters. The van der Waals surface area contributed by atoms with E-state index >= 15 is 0 Å². The fraction of sp³-hybridized carbons (Fsp3) is 0.600. The van der Waals surface area contributed by atoms with Crippen LogP contribution in [0.4, 0.5) is 0 Å². The molecule has 2 aliphatic rings. The molecule has 2 heterocycles. The van der Waals surface area contributed by atoms with Crippen molar-refractivity contribution < 1.29 is 19.1 Å². The maximum Gasteiger partial charge on any atom is 0.263 e. The van der Waals surface area contributed by atoms with Gasteiger partial charge in [-0.3, -0.25) is 9.59 Å². The quantitative estimate of drug-likeness (QED) is 0.785. The molecule has 2 saturated heterocycles. The Bertz CT molecular complexity index is 641. The topological polar surface area (TPSA) is 71.1 Å². The number of amides is 2. The zero-order chi connectivity index (χ0) is 19.2. The van der Waals surface area contributed by atoms with E-state index in [1.807, 2.05) is 29.2 Å². The maximum atomic E-state index is 12.7. The van der Waals surface area contributed by atoms with Crippen molar-refractivity contribution >= 4 is 24.2 Å². The largest absolute Gasteiger partial charge is 0.481 e. The Kier molecular flexibility index (Phi) is 8.54. The normalized spacial score (nSPS) is 20.9. The summed E-state index contributed by atoms with van der Waals surface area (Å²) in [5, 5.41) is 3.19. The number of nitrogens with zero attached hydrogens (tertiary/aromatic N) is 2. The van der Waals surface area contributed by atoms with Gasteiger partial charge in [0, 0.05) is 32.7 Å². The number of piperazine rings is 1. The van der Waals surface area contributed by atoms with Crippen molar-refractivity contribution in [1.29, 1.82) is 0 Å². The second kappa shape index (κ2) is 10.6. The number of carbonyl (C=O) groups excluding carboxylic acids is 2. The number of hydrogen-bond donors (Lipinski definition) is 1. The Hall–Kier alpha value is -1.83. The number of carbonyl (C=O) groups is 2. The minimum atomic E-state index is -0.548. The van der Waals surface area contributed by atoms with Crippen LogP contribution in [0, 0.1) is 0 Å². The first kappa shape index (κ1) is 22.5.